The molecule has 10 nitrogen and oxygen atoms in total. The summed E-state index contributed by atoms with van der Waals surface area (Å²) in [6.45, 7) is 0.877. The molecule has 198 valence electrons. The van der Waals surface area contributed by atoms with Crippen molar-refractivity contribution in [1.29, 1.82) is 0 Å². The first kappa shape index (κ1) is 28.3. The molecule has 0 spiro atoms. The van der Waals surface area contributed by atoms with Gasteiger partial charge in [0.25, 0.3) is 0 Å². The zero-order valence-electron chi connectivity index (χ0n) is 20.3. The molecule has 2 aromatic rings. The Morgan fingerprint density at radius 1 is 1.05 bits per heavy atom. The van der Waals surface area contributed by atoms with Crippen molar-refractivity contribution in [2.45, 2.75) is 29.5 Å². The van der Waals surface area contributed by atoms with Crippen LogP contribution in [0.15, 0.2) is 53.4 Å². The summed E-state index contributed by atoms with van der Waals surface area (Å²) < 4.78 is 41.0. The van der Waals surface area contributed by atoms with Crippen LogP contribution in [0.1, 0.15) is 23.7 Å². The third-order valence-electron chi connectivity index (χ3n) is 5.88. The summed E-state index contributed by atoms with van der Waals surface area (Å²) in [7, 11) is -1.36. The Bertz CT molecular complexity index is 1300. The van der Waals surface area contributed by atoms with E-state index in [0.29, 0.717) is 5.69 Å². The van der Waals surface area contributed by atoms with Crippen LogP contribution in [0.25, 0.3) is 0 Å². The molecule has 2 atom stereocenters. The van der Waals surface area contributed by atoms with E-state index in [1.54, 1.807) is 0 Å². The number of rotatable bonds is 8. The minimum absolute atomic E-state index is 0.0542. The van der Waals surface area contributed by atoms with Gasteiger partial charge in [-0.3, -0.25) is 14.4 Å². The van der Waals surface area contributed by atoms with Crippen LogP contribution in [-0.2, 0) is 24.4 Å². The van der Waals surface area contributed by atoms with Gasteiger partial charge >= 0.3 is 5.97 Å². The summed E-state index contributed by atoms with van der Waals surface area (Å²) in [6, 6.07) is 8.67. The third kappa shape index (κ3) is 6.53. The Labute approximate surface area is 218 Å². The predicted octanol–water partition coefficient (Wildman–Crippen LogP) is 2.06. The second-order valence-corrected chi connectivity index (χ2v) is 11.9. The van der Waals surface area contributed by atoms with Crippen molar-refractivity contribution >= 4 is 50.4 Å². The van der Waals surface area contributed by atoms with Crippen LogP contribution in [0.3, 0.4) is 0 Å². The van der Waals surface area contributed by atoms with E-state index in [2.05, 4.69) is 0 Å². The number of benzene rings is 2. The number of halogens is 1. The van der Waals surface area contributed by atoms with Crippen molar-refractivity contribution in [1.82, 2.24) is 9.21 Å². The number of anilines is 1. The number of carboxylic acids is 1. The van der Waals surface area contributed by atoms with E-state index in [4.69, 9.17) is 5.11 Å². The third-order valence-corrected chi connectivity index (χ3v) is 8.78. The Morgan fingerprint density at radius 3 is 2.19 bits per heavy atom. The van der Waals surface area contributed by atoms with Gasteiger partial charge in [-0.1, -0.05) is 11.8 Å². The molecule has 1 heterocycles. The number of carbonyl (C=O) groups excluding carboxylic acids is 3. The van der Waals surface area contributed by atoms with Gasteiger partial charge in [-0.15, -0.1) is 0 Å². The van der Waals surface area contributed by atoms with Crippen LogP contribution < -0.4 is 4.90 Å². The lowest BCUT2D eigenvalue weighted by molar-refractivity contribution is -0.136. The molecule has 0 bridgehead atoms. The first-order valence-electron chi connectivity index (χ1n) is 11.1. The summed E-state index contributed by atoms with van der Waals surface area (Å²) in [5.74, 6) is -2.83. The molecule has 1 saturated heterocycles. The minimum atomic E-state index is -4.20. The molecule has 1 aliphatic heterocycles. The molecule has 0 saturated carbocycles. The fourth-order valence-corrected chi connectivity index (χ4v) is 6.65. The van der Waals surface area contributed by atoms with Gasteiger partial charge in [-0.2, -0.15) is 4.31 Å². The molecule has 0 aromatic heterocycles. The van der Waals surface area contributed by atoms with E-state index in [1.165, 1.54) is 50.2 Å². The van der Waals surface area contributed by atoms with Crippen molar-refractivity contribution in [3.8, 4) is 0 Å². The number of aromatic carboxylic acids is 1. The molecule has 3 rings (SSSR count). The molecule has 0 radical (unpaired) electrons. The number of hydrogen-bond donors (Lipinski definition) is 1. The summed E-state index contributed by atoms with van der Waals surface area (Å²) in [5, 5.41) is 8.33. The molecule has 0 aliphatic carbocycles. The van der Waals surface area contributed by atoms with Crippen molar-refractivity contribution in [2.75, 3.05) is 32.1 Å². The van der Waals surface area contributed by atoms with Crippen LogP contribution >= 0.6 is 11.8 Å². The lowest BCUT2D eigenvalue weighted by atomic mass is 10.2. The molecule has 13 heteroatoms. The number of thioether (sulfide) groups is 1. The molecular formula is C24H26FN3O7S2. The number of hydrogen-bond acceptors (Lipinski definition) is 7. The number of sulfonamides is 1. The van der Waals surface area contributed by atoms with E-state index < -0.39 is 44.9 Å². The zero-order valence-corrected chi connectivity index (χ0v) is 22.0. The number of carboxylic acid groups (broad SMARTS) is 1. The molecule has 37 heavy (non-hydrogen) atoms. The molecule has 1 fully saturated rings. The number of carbonyl (C=O) groups is 4. The lowest BCUT2D eigenvalue weighted by Gasteiger charge is -2.28. The fourth-order valence-electron chi connectivity index (χ4n) is 3.93. The van der Waals surface area contributed by atoms with Crippen molar-refractivity contribution in [3.63, 3.8) is 0 Å². The van der Waals surface area contributed by atoms with Crippen molar-refractivity contribution in [3.05, 3.63) is 59.9 Å². The van der Waals surface area contributed by atoms with E-state index in [1.807, 2.05) is 0 Å². The lowest BCUT2D eigenvalue weighted by Crippen LogP contribution is -2.49. The van der Waals surface area contributed by atoms with E-state index in [-0.39, 0.29) is 35.1 Å². The van der Waals surface area contributed by atoms with E-state index >= 15 is 0 Å². The Kier molecular flexibility index (Phi) is 8.72. The first-order valence-corrected chi connectivity index (χ1v) is 13.4. The number of nitrogens with zero attached hydrogens (tertiary/aromatic N) is 3. The maximum Gasteiger partial charge on any atom is 0.335 e. The minimum Gasteiger partial charge on any atom is -0.478 e. The van der Waals surface area contributed by atoms with Crippen LogP contribution in [-0.4, -0.2) is 84.1 Å². The normalized spacial score (nSPS) is 17.8. The monoisotopic (exact) mass is 551 g/mol. The quantitative estimate of drug-likeness (QED) is 0.527. The topological polar surface area (TPSA) is 132 Å². The Morgan fingerprint density at radius 2 is 1.65 bits per heavy atom. The van der Waals surface area contributed by atoms with E-state index in [0.717, 1.165) is 45.2 Å². The summed E-state index contributed by atoms with van der Waals surface area (Å²) >= 11 is 0.939. The van der Waals surface area contributed by atoms with Gasteiger partial charge in [-0.25, -0.2) is 17.6 Å². The summed E-state index contributed by atoms with van der Waals surface area (Å²) in [5.41, 5.74) is 0.466. The highest BCUT2D eigenvalue weighted by Gasteiger charge is 2.45. The standard InChI is InChI=1S/C24H26FN3O7S2/c1-15(29)36-19-12-21(28(13-19)37(34,35)20-10-6-17(25)7-11-20)23(31)26(2)14-22(30)27(3)18-8-4-16(5-9-18)24(32)33/h4-11,19,21H,12-14H2,1-3H3,(H,32,33)/t19-,21+/m1/s1. The van der Waals surface area contributed by atoms with Gasteiger partial charge in [0, 0.05) is 38.5 Å². The molecule has 2 aromatic carbocycles. The number of amides is 2. The fraction of sp³-hybridized carbons (Fsp3) is 0.333. The highest BCUT2D eigenvalue weighted by molar-refractivity contribution is 8.14. The molecule has 1 aliphatic rings. The molecular weight excluding hydrogens is 525 g/mol. The first-order chi connectivity index (χ1) is 17.3. The second kappa shape index (κ2) is 11.4. The van der Waals surface area contributed by atoms with Gasteiger partial charge in [0.15, 0.2) is 5.12 Å². The predicted molar refractivity (Wildman–Crippen MR) is 135 cm³/mol. The maximum atomic E-state index is 13.4. The SMILES string of the molecule is CC(=O)S[C@@H]1C[C@@H](C(=O)N(C)CC(=O)N(C)c2ccc(C(=O)O)cc2)N(S(=O)(=O)c2ccc(F)cc2)C1. The van der Waals surface area contributed by atoms with Gasteiger partial charge in [-0.05, 0) is 55.0 Å². The summed E-state index contributed by atoms with van der Waals surface area (Å²) in [4.78, 5) is 51.1. The van der Waals surface area contributed by atoms with Gasteiger partial charge in [0.05, 0.1) is 17.0 Å². The Balaban J connectivity index is 1.79. The van der Waals surface area contributed by atoms with Crippen LogP contribution in [0.5, 0.6) is 0 Å². The average molecular weight is 552 g/mol. The van der Waals surface area contributed by atoms with Crippen molar-refractivity contribution in [2.24, 2.45) is 0 Å². The highest BCUT2D eigenvalue weighted by atomic mass is 32.2. The van der Waals surface area contributed by atoms with Crippen LogP contribution in [0.2, 0.25) is 0 Å². The van der Waals surface area contributed by atoms with Crippen LogP contribution in [0.4, 0.5) is 10.1 Å². The maximum absolute atomic E-state index is 13.4. The van der Waals surface area contributed by atoms with Gasteiger partial charge in [0.2, 0.25) is 21.8 Å². The summed E-state index contributed by atoms with van der Waals surface area (Å²) in [6.07, 6.45) is 0.0640. The van der Waals surface area contributed by atoms with Crippen molar-refractivity contribution < 1.29 is 37.1 Å². The van der Waals surface area contributed by atoms with Gasteiger partial charge in [0.1, 0.15) is 11.9 Å². The Hall–Kier alpha value is -3.29. The smallest absolute Gasteiger partial charge is 0.335 e. The average Bonchev–Trinajstić information content (AvgIpc) is 3.27. The van der Waals surface area contributed by atoms with E-state index in [9.17, 15) is 32.0 Å². The second-order valence-electron chi connectivity index (χ2n) is 8.51. The molecule has 1 N–H and O–H groups in total. The van der Waals surface area contributed by atoms with Crippen LogP contribution in [0, 0.1) is 5.82 Å². The molecule has 2 amide bonds. The number of likely N-dealkylation sites (N-methyl/N-ethyl adjacent to an activating group) is 2. The molecule has 0 unspecified atom stereocenters. The zero-order chi connectivity index (χ0) is 27.5. The largest absolute Gasteiger partial charge is 0.478 e. The van der Waals surface area contributed by atoms with Gasteiger partial charge < -0.3 is 14.9 Å². The highest BCUT2D eigenvalue weighted by Crippen LogP contribution is 2.33.